The van der Waals surface area contributed by atoms with Gasteiger partial charge in [0.1, 0.15) is 12.4 Å². The van der Waals surface area contributed by atoms with Crippen molar-refractivity contribution in [3.8, 4) is 5.75 Å². The molecule has 6 nitrogen and oxygen atoms in total. The quantitative estimate of drug-likeness (QED) is 0.854. The van der Waals surface area contributed by atoms with Gasteiger partial charge in [-0.25, -0.2) is 0 Å². The van der Waals surface area contributed by atoms with E-state index < -0.39 is 0 Å². The van der Waals surface area contributed by atoms with Gasteiger partial charge in [0.25, 0.3) is 5.91 Å². The van der Waals surface area contributed by atoms with Gasteiger partial charge in [-0.3, -0.25) is 9.59 Å². The number of carbonyl (C=O) groups excluding carboxylic acids is 2. The van der Waals surface area contributed by atoms with Crippen molar-refractivity contribution < 1.29 is 19.1 Å². The summed E-state index contributed by atoms with van der Waals surface area (Å²) < 4.78 is 10.7. The van der Waals surface area contributed by atoms with Gasteiger partial charge in [-0.05, 0) is 35.7 Å². The lowest BCUT2D eigenvalue weighted by molar-refractivity contribution is -0.129. The van der Waals surface area contributed by atoms with Crippen molar-refractivity contribution in [3.05, 3.63) is 46.7 Å². The molecular formula is C18H20N2O4S. The van der Waals surface area contributed by atoms with Crippen molar-refractivity contribution >= 4 is 28.8 Å². The molecule has 0 saturated carbocycles. The van der Waals surface area contributed by atoms with Crippen LogP contribution in [0.5, 0.6) is 5.75 Å². The van der Waals surface area contributed by atoms with Crippen molar-refractivity contribution in [2.24, 2.45) is 0 Å². The van der Waals surface area contributed by atoms with Crippen molar-refractivity contribution in [1.82, 2.24) is 5.32 Å². The van der Waals surface area contributed by atoms with Crippen LogP contribution in [0.4, 0.5) is 5.69 Å². The highest BCUT2D eigenvalue weighted by molar-refractivity contribution is 7.10. The minimum Gasteiger partial charge on any atom is -0.497 e. The number of thiophene rings is 1. The third kappa shape index (κ3) is 4.58. The van der Waals surface area contributed by atoms with Crippen LogP contribution >= 0.6 is 11.3 Å². The Morgan fingerprint density at radius 3 is 2.84 bits per heavy atom. The second kappa shape index (κ2) is 8.13. The maximum Gasteiger partial charge on any atom is 0.253 e. The molecule has 132 valence electrons. The van der Waals surface area contributed by atoms with Gasteiger partial charge in [-0.15, -0.1) is 11.3 Å². The summed E-state index contributed by atoms with van der Waals surface area (Å²) in [5.41, 5.74) is 0.795. The first-order valence-electron chi connectivity index (χ1n) is 8.01. The topological polar surface area (TPSA) is 67.9 Å². The molecule has 25 heavy (non-hydrogen) atoms. The van der Waals surface area contributed by atoms with Gasteiger partial charge in [-0.2, -0.15) is 0 Å². The molecule has 2 aromatic rings. The predicted molar refractivity (Wildman–Crippen MR) is 96.1 cm³/mol. The van der Waals surface area contributed by atoms with Gasteiger partial charge < -0.3 is 19.7 Å². The molecule has 1 N–H and O–H groups in total. The van der Waals surface area contributed by atoms with Crippen molar-refractivity contribution in [2.75, 3.05) is 31.7 Å². The van der Waals surface area contributed by atoms with Crippen molar-refractivity contribution in [2.45, 2.75) is 12.5 Å². The molecule has 1 saturated heterocycles. The molecule has 1 fully saturated rings. The zero-order valence-corrected chi connectivity index (χ0v) is 14.8. The molecule has 7 heteroatoms. The van der Waals surface area contributed by atoms with E-state index in [1.165, 1.54) is 0 Å². The minimum atomic E-state index is -0.230. The monoisotopic (exact) mass is 360 g/mol. The summed E-state index contributed by atoms with van der Waals surface area (Å²) in [5.74, 6) is 0.604. The fourth-order valence-corrected chi connectivity index (χ4v) is 3.33. The Bertz CT molecular complexity index is 715. The number of ether oxygens (including phenoxy) is 2. The molecular weight excluding hydrogens is 340 g/mol. The highest BCUT2D eigenvalue weighted by atomic mass is 32.1. The molecule has 1 unspecified atom stereocenters. The highest BCUT2D eigenvalue weighted by Crippen LogP contribution is 2.22. The zero-order valence-electron chi connectivity index (χ0n) is 13.9. The summed E-state index contributed by atoms with van der Waals surface area (Å²) in [7, 11) is 1.60. The first-order valence-corrected chi connectivity index (χ1v) is 8.89. The van der Waals surface area contributed by atoms with E-state index in [-0.39, 0.29) is 24.5 Å². The Hall–Kier alpha value is -2.38. The average molecular weight is 360 g/mol. The number of rotatable bonds is 6. The number of hydrogen-bond donors (Lipinski definition) is 1. The lowest BCUT2D eigenvalue weighted by Crippen LogP contribution is -2.50. The van der Waals surface area contributed by atoms with Crippen molar-refractivity contribution in [3.63, 3.8) is 0 Å². The van der Waals surface area contributed by atoms with Crippen LogP contribution < -0.4 is 15.0 Å². The van der Waals surface area contributed by atoms with Gasteiger partial charge >= 0.3 is 0 Å². The van der Waals surface area contributed by atoms with E-state index in [2.05, 4.69) is 5.32 Å². The number of morpholine rings is 1. The first-order chi connectivity index (χ1) is 12.2. The van der Waals surface area contributed by atoms with E-state index >= 15 is 0 Å². The summed E-state index contributed by atoms with van der Waals surface area (Å²) in [6, 6.07) is 11.2. The molecule has 2 heterocycles. The second-order valence-electron chi connectivity index (χ2n) is 5.70. The van der Waals surface area contributed by atoms with Crippen LogP contribution in [0.15, 0.2) is 41.8 Å². The lowest BCUT2D eigenvalue weighted by atomic mass is 10.2. The number of carbonyl (C=O) groups is 2. The van der Waals surface area contributed by atoms with Crippen molar-refractivity contribution in [1.29, 1.82) is 0 Å². The van der Waals surface area contributed by atoms with Crippen LogP contribution in [0, 0.1) is 0 Å². The number of amides is 2. The van der Waals surface area contributed by atoms with Gasteiger partial charge in [0.2, 0.25) is 5.91 Å². The van der Waals surface area contributed by atoms with Gasteiger partial charge in [0.15, 0.2) is 0 Å². The summed E-state index contributed by atoms with van der Waals surface area (Å²) in [5, 5.41) is 4.83. The Morgan fingerprint density at radius 1 is 1.36 bits per heavy atom. The Morgan fingerprint density at radius 2 is 2.16 bits per heavy atom. The van der Waals surface area contributed by atoms with E-state index in [4.69, 9.17) is 9.47 Å². The standard InChI is InChI=1S/C18H20N2O4S/c1-23-14-6-4-13(5-7-14)20-11-15(24-12-18(20)22)10-19-17(21)9-16-3-2-8-25-16/h2-8,15H,9-12H2,1H3,(H,19,21). The van der Waals surface area contributed by atoms with Crippen LogP contribution in [0.25, 0.3) is 0 Å². The summed E-state index contributed by atoms with van der Waals surface area (Å²) in [6.07, 6.45) is 0.137. The smallest absolute Gasteiger partial charge is 0.253 e. The van der Waals surface area contributed by atoms with Gasteiger partial charge in [0.05, 0.1) is 26.2 Å². The molecule has 1 aliphatic heterocycles. The largest absolute Gasteiger partial charge is 0.497 e. The molecule has 0 aliphatic carbocycles. The molecule has 1 aliphatic rings. The Labute approximate surface area is 150 Å². The molecule has 1 atom stereocenters. The van der Waals surface area contributed by atoms with E-state index in [9.17, 15) is 9.59 Å². The van der Waals surface area contributed by atoms with Crippen LogP contribution in [-0.2, 0) is 20.7 Å². The van der Waals surface area contributed by atoms with Gasteiger partial charge in [-0.1, -0.05) is 6.07 Å². The van der Waals surface area contributed by atoms with Crippen LogP contribution in [0.2, 0.25) is 0 Å². The molecule has 0 radical (unpaired) electrons. The molecule has 1 aromatic carbocycles. The fraction of sp³-hybridized carbons (Fsp3) is 0.333. The predicted octanol–water partition coefficient (Wildman–Crippen LogP) is 1.85. The third-order valence-electron chi connectivity index (χ3n) is 3.96. The van der Waals surface area contributed by atoms with Gasteiger partial charge in [0, 0.05) is 17.1 Å². The average Bonchev–Trinajstić information content (AvgIpc) is 3.14. The third-order valence-corrected chi connectivity index (χ3v) is 4.83. The van der Waals surface area contributed by atoms with Crippen LogP contribution in [0.3, 0.4) is 0 Å². The minimum absolute atomic E-state index is 0.0114. The Kier molecular flexibility index (Phi) is 5.67. The van der Waals surface area contributed by atoms with E-state index in [0.29, 0.717) is 19.5 Å². The van der Waals surface area contributed by atoms with E-state index in [1.54, 1.807) is 23.3 Å². The zero-order chi connectivity index (χ0) is 17.6. The molecule has 0 spiro atoms. The summed E-state index contributed by atoms with van der Waals surface area (Å²) in [6.45, 7) is 0.798. The fourth-order valence-electron chi connectivity index (χ4n) is 2.62. The second-order valence-corrected chi connectivity index (χ2v) is 6.73. The number of nitrogens with one attached hydrogen (secondary N) is 1. The lowest BCUT2D eigenvalue weighted by Gasteiger charge is -2.33. The number of anilines is 1. The van der Waals surface area contributed by atoms with E-state index in [0.717, 1.165) is 16.3 Å². The SMILES string of the molecule is COc1ccc(N2CC(CNC(=O)Cc3cccs3)OCC2=O)cc1. The number of methoxy groups -OCH3 is 1. The molecule has 0 bridgehead atoms. The molecule has 2 amide bonds. The normalized spacial score (nSPS) is 17.4. The maximum atomic E-state index is 12.1. The molecule has 3 rings (SSSR count). The molecule has 1 aromatic heterocycles. The van der Waals surface area contributed by atoms with E-state index in [1.807, 2.05) is 41.8 Å². The summed E-state index contributed by atoms with van der Waals surface area (Å²) in [4.78, 5) is 26.8. The Balaban J connectivity index is 1.54. The number of nitrogens with zero attached hydrogens (tertiary/aromatic N) is 1. The highest BCUT2D eigenvalue weighted by Gasteiger charge is 2.27. The van der Waals surface area contributed by atoms with Crippen LogP contribution in [0.1, 0.15) is 4.88 Å². The van der Waals surface area contributed by atoms with Crippen LogP contribution in [-0.4, -0.2) is 44.7 Å². The number of hydrogen-bond acceptors (Lipinski definition) is 5. The first kappa shape index (κ1) is 17.4. The number of benzene rings is 1. The summed E-state index contributed by atoms with van der Waals surface area (Å²) >= 11 is 1.56. The maximum absolute atomic E-state index is 12.1.